The van der Waals surface area contributed by atoms with Crippen molar-refractivity contribution in [3.05, 3.63) is 23.7 Å². The summed E-state index contributed by atoms with van der Waals surface area (Å²) in [7, 11) is 0. The molecule has 0 amide bonds. The van der Waals surface area contributed by atoms with Crippen LogP contribution in [0.15, 0.2) is 16.7 Å². The summed E-state index contributed by atoms with van der Waals surface area (Å²) in [4.78, 5) is 0. The van der Waals surface area contributed by atoms with Gasteiger partial charge in [0.15, 0.2) is 0 Å². The summed E-state index contributed by atoms with van der Waals surface area (Å²) in [6.45, 7) is 5.17. The Morgan fingerprint density at radius 2 is 2.06 bits per heavy atom. The van der Waals surface area contributed by atoms with Gasteiger partial charge in [-0.15, -0.1) is 0 Å². The second-order valence-electron chi connectivity index (χ2n) is 4.73. The highest BCUT2D eigenvalue weighted by Gasteiger charge is 2.25. The number of hydrogen-bond donors (Lipinski definition) is 1. The van der Waals surface area contributed by atoms with Gasteiger partial charge in [-0.25, -0.2) is 0 Å². The molecule has 0 radical (unpaired) electrons. The van der Waals surface area contributed by atoms with Crippen molar-refractivity contribution in [2.75, 3.05) is 0 Å². The lowest BCUT2D eigenvalue weighted by molar-refractivity contribution is -0.108. The molecule has 4 heteroatoms. The number of hydrogen-bond acceptors (Lipinski definition) is 4. The lowest BCUT2D eigenvalue weighted by Crippen LogP contribution is -2.34. The van der Waals surface area contributed by atoms with Crippen LogP contribution in [0.25, 0.3) is 0 Å². The van der Waals surface area contributed by atoms with Crippen LogP contribution in [0.3, 0.4) is 0 Å². The van der Waals surface area contributed by atoms with Crippen LogP contribution in [0.5, 0.6) is 0 Å². The van der Waals surface area contributed by atoms with Crippen molar-refractivity contribution in [3.8, 4) is 0 Å². The second-order valence-corrected chi connectivity index (χ2v) is 4.73. The fourth-order valence-electron chi connectivity index (χ4n) is 2.35. The third kappa shape index (κ3) is 3.31. The Morgan fingerprint density at radius 3 is 2.71 bits per heavy atom. The molecule has 1 aliphatic heterocycles. The highest BCUT2D eigenvalue weighted by molar-refractivity contribution is 5.15. The molecule has 1 saturated heterocycles. The lowest BCUT2D eigenvalue weighted by atomic mass is 10.0. The van der Waals surface area contributed by atoms with Gasteiger partial charge in [0.25, 0.3) is 0 Å². The maximum Gasteiger partial charge on any atom is 0.133 e. The first kappa shape index (κ1) is 12.6. The van der Waals surface area contributed by atoms with Crippen molar-refractivity contribution in [1.82, 2.24) is 0 Å². The fourth-order valence-corrected chi connectivity index (χ4v) is 2.35. The van der Waals surface area contributed by atoms with E-state index < -0.39 is 0 Å². The molecule has 4 nitrogen and oxygen atoms in total. The molecule has 1 fully saturated rings. The molecule has 2 rings (SSSR count). The van der Waals surface area contributed by atoms with Crippen molar-refractivity contribution in [2.45, 2.75) is 58.2 Å². The van der Waals surface area contributed by atoms with Crippen LogP contribution < -0.4 is 5.73 Å². The van der Waals surface area contributed by atoms with E-state index in [-0.39, 0.29) is 18.3 Å². The van der Waals surface area contributed by atoms with Crippen LogP contribution in [-0.4, -0.2) is 18.3 Å². The van der Waals surface area contributed by atoms with E-state index in [1.165, 1.54) is 0 Å². The Labute approximate surface area is 102 Å². The normalized spacial score (nSPS) is 29.5. The van der Waals surface area contributed by atoms with E-state index in [0.29, 0.717) is 13.2 Å². The van der Waals surface area contributed by atoms with E-state index in [9.17, 15) is 0 Å². The third-order valence-corrected chi connectivity index (χ3v) is 3.16. The topological polar surface area (TPSA) is 57.6 Å². The zero-order valence-corrected chi connectivity index (χ0v) is 10.5. The predicted molar refractivity (Wildman–Crippen MR) is 64.4 cm³/mol. The average Bonchev–Trinajstić information content (AvgIpc) is 2.72. The van der Waals surface area contributed by atoms with E-state index >= 15 is 0 Å². The largest absolute Gasteiger partial charge is 0.467 e. The van der Waals surface area contributed by atoms with Gasteiger partial charge in [0.2, 0.25) is 0 Å². The summed E-state index contributed by atoms with van der Waals surface area (Å²) < 4.78 is 16.9. The number of rotatable bonds is 4. The monoisotopic (exact) mass is 239 g/mol. The van der Waals surface area contributed by atoms with Gasteiger partial charge < -0.3 is 19.6 Å². The summed E-state index contributed by atoms with van der Waals surface area (Å²) >= 11 is 0. The maximum absolute atomic E-state index is 5.88. The Hall–Kier alpha value is -0.840. The third-order valence-electron chi connectivity index (χ3n) is 3.16. The molecule has 1 aliphatic rings. The van der Waals surface area contributed by atoms with Gasteiger partial charge in [-0.3, -0.25) is 0 Å². The molecule has 0 spiro atoms. The summed E-state index contributed by atoms with van der Waals surface area (Å²) in [6.07, 6.45) is 4.36. The Bertz CT molecular complexity index is 340. The molecule has 0 bridgehead atoms. The molecule has 0 aliphatic carbocycles. The first-order valence-electron chi connectivity index (χ1n) is 6.21. The van der Waals surface area contributed by atoms with Crippen LogP contribution in [0.1, 0.15) is 38.0 Å². The van der Waals surface area contributed by atoms with Crippen molar-refractivity contribution < 1.29 is 13.9 Å². The minimum absolute atomic E-state index is 0.254. The molecule has 2 atom stereocenters. The molecular weight excluding hydrogens is 218 g/mol. The number of furan rings is 1. The molecule has 0 aromatic carbocycles. The van der Waals surface area contributed by atoms with Crippen molar-refractivity contribution in [2.24, 2.45) is 5.73 Å². The van der Waals surface area contributed by atoms with Gasteiger partial charge in [0.05, 0.1) is 24.6 Å². The molecule has 1 aromatic heterocycles. The number of nitrogens with two attached hydrogens (primary N) is 1. The Balaban J connectivity index is 1.85. The molecule has 2 N–H and O–H groups in total. The molecule has 17 heavy (non-hydrogen) atoms. The number of ether oxygens (including phenoxy) is 2. The summed E-state index contributed by atoms with van der Waals surface area (Å²) in [6, 6.07) is 1.90. The van der Waals surface area contributed by atoms with Gasteiger partial charge >= 0.3 is 0 Å². The standard InChI is InChI=1S/C13H21NO3/c1-9-5-12(6-10(2)17-9)16-8-13-11(7-14)3-4-15-13/h3-4,9-10,12H,5-8,14H2,1-2H3. The summed E-state index contributed by atoms with van der Waals surface area (Å²) in [5.74, 6) is 0.847. The minimum atomic E-state index is 0.254. The zero-order chi connectivity index (χ0) is 12.3. The molecule has 1 aromatic rings. The van der Waals surface area contributed by atoms with Crippen molar-refractivity contribution in [3.63, 3.8) is 0 Å². The minimum Gasteiger partial charge on any atom is -0.467 e. The maximum atomic E-state index is 5.88. The predicted octanol–water partition coefficient (Wildman–Crippen LogP) is 2.21. The fraction of sp³-hybridized carbons (Fsp3) is 0.692. The van der Waals surface area contributed by atoms with Crippen LogP contribution >= 0.6 is 0 Å². The molecule has 2 unspecified atom stereocenters. The van der Waals surface area contributed by atoms with Gasteiger partial charge in [-0.1, -0.05) is 0 Å². The first-order valence-corrected chi connectivity index (χ1v) is 6.21. The lowest BCUT2D eigenvalue weighted by Gasteiger charge is -2.31. The molecule has 2 heterocycles. The molecule has 0 saturated carbocycles. The van der Waals surface area contributed by atoms with E-state index in [0.717, 1.165) is 24.2 Å². The first-order chi connectivity index (χ1) is 8.19. The summed E-state index contributed by atoms with van der Waals surface area (Å²) in [5.41, 5.74) is 6.64. The zero-order valence-electron chi connectivity index (χ0n) is 10.5. The SMILES string of the molecule is CC1CC(OCc2occc2CN)CC(C)O1. The van der Waals surface area contributed by atoms with Crippen LogP contribution in [0.4, 0.5) is 0 Å². The Morgan fingerprint density at radius 1 is 1.35 bits per heavy atom. The quantitative estimate of drug-likeness (QED) is 0.875. The smallest absolute Gasteiger partial charge is 0.133 e. The highest BCUT2D eigenvalue weighted by Crippen LogP contribution is 2.23. The molecule has 96 valence electrons. The van der Waals surface area contributed by atoms with Gasteiger partial charge in [-0.2, -0.15) is 0 Å². The van der Waals surface area contributed by atoms with E-state index in [4.69, 9.17) is 19.6 Å². The van der Waals surface area contributed by atoms with Gasteiger partial charge in [0, 0.05) is 12.1 Å². The molecular formula is C13H21NO3. The van der Waals surface area contributed by atoms with Crippen LogP contribution in [0.2, 0.25) is 0 Å². The van der Waals surface area contributed by atoms with Gasteiger partial charge in [0.1, 0.15) is 12.4 Å². The second kappa shape index (κ2) is 5.67. The van der Waals surface area contributed by atoms with Gasteiger partial charge in [-0.05, 0) is 32.8 Å². The highest BCUT2D eigenvalue weighted by atomic mass is 16.5. The average molecular weight is 239 g/mol. The van der Waals surface area contributed by atoms with Crippen LogP contribution in [0, 0.1) is 0 Å². The van der Waals surface area contributed by atoms with Crippen LogP contribution in [-0.2, 0) is 22.6 Å². The van der Waals surface area contributed by atoms with E-state index in [1.807, 2.05) is 6.07 Å². The van der Waals surface area contributed by atoms with E-state index in [2.05, 4.69) is 13.8 Å². The van der Waals surface area contributed by atoms with Crippen molar-refractivity contribution >= 4 is 0 Å². The van der Waals surface area contributed by atoms with E-state index in [1.54, 1.807) is 6.26 Å². The Kier molecular flexibility index (Phi) is 4.20. The summed E-state index contributed by atoms with van der Waals surface area (Å²) in [5, 5.41) is 0. The van der Waals surface area contributed by atoms with Crippen molar-refractivity contribution in [1.29, 1.82) is 0 Å².